The maximum atomic E-state index is 11.4. The van der Waals surface area contributed by atoms with E-state index in [9.17, 15) is 22.8 Å². The number of hydrogen-bond acceptors (Lipinski definition) is 2. The van der Waals surface area contributed by atoms with E-state index in [4.69, 9.17) is 5.11 Å². The number of aliphatic carboxylic acids is 1. The molecule has 0 aromatic rings. The molecule has 13 heavy (non-hydrogen) atoms. The Balaban J connectivity index is 3.59. The Morgan fingerprint density at radius 2 is 1.85 bits per heavy atom. The first-order valence-corrected chi connectivity index (χ1v) is 3.16. The first-order valence-electron chi connectivity index (χ1n) is 3.16. The van der Waals surface area contributed by atoms with Crippen molar-refractivity contribution in [2.45, 2.75) is 12.7 Å². The van der Waals surface area contributed by atoms with Crippen molar-refractivity contribution in [2.75, 3.05) is 6.54 Å². The monoisotopic (exact) mass is 200 g/mol. The number of halogens is 3. The van der Waals surface area contributed by atoms with Crippen molar-refractivity contribution in [2.24, 2.45) is 0 Å². The van der Waals surface area contributed by atoms with Crippen LogP contribution in [0.4, 0.5) is 18.0 Å². The van der Waals surface area contributed by atoms with E-state index >= 15 is 0 Å². The molecule has 0 rings (SSSR count). The number of carboxylic acids is 1. The Morgan fingerprint density at radius 1 is 1.31 bits per heavy atom. The molecule has 0 aromatic carbocycles. The molecular formula is C5H7F3N2O3. The fourth-order valence-electron chi connectivity index (χ4n) is 0.456. The van der Waals surface area contributed by atoms with Gasteiger partial charge < -0.3 is 10.4 Å². The van der Waals surface area contributed by atoms with Crippen LogP contribution in [-0.2, 0) is 4.79 Å². The second-order valence-corrected chi connectivity index (χ2v) is 2.02. The number of hydrogen-bond donors (Lipinski definition) is 3. The number of carbonyl (C=O) groups excluding carboxylic acids is 1. The lowest BCUT2D eigenvalue weighted by Crippen LogP contribution is -2.44. The predicted octanol–water partition coefficient (Wildman–Crippen LogP) is 0.280. The molecule has 8 heteroatoms. The molecular weight excluding hydrogens is 193 g/mol. The molecule has 5 nitrogen and oxygen atoms in total. The van der Waals surface area contributed by atoms with Gasteiger partial charge in [-0.2, -0.15) is 13.2 Å². The van der Waals surface area contributed by atoms with Crippen LogP contribution in [0.3, 0.4) is 0 Å². The molecule has 0 spiro atoms. The maximum Gasteiger partial charge on any atom is 0.485 e. The molecule has 2 amide bonds. The van der Waals surface area contributed by atoms with Gasteiger partial charge in [-0.1, -0.05) is 0 Å². The van der Waals surface area contributed by atoms with Crippen LogP contribution < -0.4 is 10.6 Å². The molecule has 0 atom stereocenters. The van der Waals surface area contributed by atoms with E-state index in [1.165, 1.54) is 0 Å². The smallest absolute Gasteiger partial charge is 0.481 e. The molecule has 0 heterocycles. The Labute approximate surface area is 70.9 Å². The molecule has 0 radical (unpaired) electrons. The summed E-state index contributed by atoms with van der Waals surface area (Å²) in [6, 6.07) is -1.46. The second kappa shape index (κ2) is 4.53. The van der Waals surface area contributed by atoms with E-state index in [1.807, 2.05) is 0 Å². The van der Waals surface area contributed by atoms with E-state index < -0.39 is 24.7 Å². The summed E-state index contributed by atoms with van der Waals surface area (Å²) in [5, 5.41) is 10.4. The van der Waals surface area contributed by atoms with Gasteiger partial charge in [-0.05, 0) is 0 Å². The van der Waals surface area contributed by atoms with Crippen LogP contribution in [0.1, 0.15) is 6.42 Å². The highest BCUT2D eigenvalue weighted by atomic mass is 19.4. The van der Waals surface area contributed by atoms with Crippen LogP contribution in [0, 0.1) is 0 Å². The fraction of sp³-hybridized carbons (Fsp3) is 0.600. The Hall–Kier alpha value is -1.47. The minimum Gasteiger partial charge on any atom is -0.481 e. The Bertz CT molecular complexity index is 204. The maximum absolute atomic E-state index is 11.4. The SMILES string of the molecule is O=C(O)CCNC(=O)NC(F)(F)F. The van der Waals surface area contributed by atoms with Crippen LogP contribution in [0.25, 0.3) is 0 Å². The van der Waals surface area contributed by atoms with Gasteiger partial charge in [0.2, 0.25) is 0 Å². The van der Waals surface area contributed by atoms with Gasteiger partial charge in [0.05, 0.1) is 6.42 Å². The van der Waals surface area contributed by atoms with Crippen molar-refractivity contribution in [1.29, 1.82) is 0 Å². The van der Waals surface area contributed by atoms with Crippen molar-refractivity contribution >= 4 is 12.0 Å². The zero-order valence-corrected chi connectivity index (χ0v) is 6.31. The predicted molar refractivity (Wildman–Crippen MR) is 34.8 cm³/mol. The van der Waals surface area contributed by atoms with E-state index in [2.05, 4.69) is 0 Å². The third-order valence-electron chi connectivity index (χ3n) is 0.880. The topological polar surface area (TPSA) is 78.4 Å². The van der Waals surface area contributed by atoms with Crippen molar-refractivity contribution < 1.29 is 27.9 Å². The molecule has 0 saturated heterocycles. The third-order valence-corrected chi connectivity index (χ3v) is 0.880. The Kier molecular flexibility index (Phi) is 4.02. The molecule has 0 saturated carbocycles. The molecule has 0 bridgehead atoms. The highest BCUT2D eigenvalue weighted by Gasteiger charge is 2.29. The summed E-state index contributed by atoms with van der Waals surface area (Å²) in [6.07, 6.45) is -5.22. The van der Waals surface area contributed by atoms with Gasteiger partial charge in [0.25, 0.3) is 0 Å². The van der Waals surface area contributed by atoms with E-state index in [1.54, 1.807) is 5.32 Å². The lowest BCUT2D eigenvalue weighted by Gasteiger charge is -2.08. The summed E-state index contributed by atoms with van der Waals surface area (Å²) >= 11 is 0. The van der Waals surface area contributed by atoms with Gasteiger partial charge in [0, 0.05) is 6.54 Å². The average Bonchev–Trinajstić information content (AvgIpc) is 1.81. The standard InChI is InChI=1S/C5H7F3N2O3/c6-5(7,8)10-4(13)9-2-1-3(11)12/h1-2H2,(H,11,12)(H2,9,10,13). The first-order chi connectivity index (χ1) is 5.81. The van der Waals surface area contributed by atoms with Crippen molar-refractivity contribution in [3.05, 3.63) is 0 Å². The number of rotatable bonds is 3. The number of urea groups is 1. The molecule has 0 aromatic heterocycles. The lowest BCUT2D eigenvalue weighted by molar-refractivity contribution is -0.145. The minimum absolute atomic E-state index is 0.350. The van der Waals surface area contributed by atoms with Crippen molar-refractivity contribution in [3.8, 4) is 0 Å². The summed E-state index contributed by atoms with van der Waals surface area (Å²) in [6.45, 7) is -0.350. The summed E-state index contributed by atoms with van der Waals surface area (Å²) in [5.41, 5.74) is 0. The van der Waals surface area contributed by atoms with Crippen LogP contribution in [0.5, 0.6) is 0 Å². The van der Waals surface area contributed by atoms with Gasteiger partial charge in [-0.3, -0.25) is 4.79 Å². The summed E-state index contributed by atoms with van der Waals surface area (Å²) < 4.78 is 34.2. The number of carboxylic acid groups (broad SMARTS) is 1. The molecule has 0 aliphatic heterocycles. The number of amides is 2. The Morgan fingerprint density at radius 3 is 2.23 bits per heavy atom. The van der Waals surface area contributed by atoms with Gasteiger partial charge in [-0.25, -0.2) is 10.1 Å². The van der Waals surface area contributed by atoms with Crippen LogP contribution in [-0.4, -0.2) is 30.0 Å². The molecule has 76 valence electrons. The highest BCUT2D eigenvalue weighted by molar-refractivity contribution is 5.75. The summed E-state index contributed by atoms with van der Waals surface area (Å²) in [7, 11) is 0. The van der Waals surface area contributed by atoms with E-state index in [-0.39, 0.29) is 6.54 Å². The van der Waals surface area contributed by atoms with Gasteiger partial charge >= 0.3 is 18.3 Å². The molecule has 0 aliphatic carbocycles. The number of alkyl halides is 3. The van der Waals surface area contributed by atoms with Crippen molar-refractivity contribution in [1.82, 2.24) is 10.6 Å². The molecule has 3 N–H and O–H groups in total. The van der Waals surface area contributed by atoms with Gasteiger partial charge in [0.1, 0.15) is 0 Å². The quantitative estimate of drug-likeness (QED) is 0.572. The van der Waals surface area contributed by atoms with E-state index in [0.717, 1.165) is 0 Å². The van der Waals surface area contributed by atoms with Gasteiger partial charge in [-0.15, -0.1) is 0 Å². The van der Waals surface area contributed by atoms with Crippen molar-refractivity contribution in [3.63, 3.8) is 0 Å². The van der Waals surface area contributed by atoms with Crippen LogP contribution in [0.2, 0.25) is 0 Å². The molecule has 0 aliphatic rings. The summed E-state index contributed by atoms with van der Waals surface area (Å²) in [5.74, 6) is -1.20. The average molecular weight is 200 g/mol. The minimum atomic E-state index is -4.80. The highest BCUT2D eigenvalue weighted by Crippen LogP contribution is 2.08. The third kappa shape index (κ3) is 8.44. The van der Waals surface area contributed by atoms with E-state index in [0.29, 0.717) is 5.32 Å². The molecule has 0 fully saturated rings. The van der Waals surface area contributed by atoms with Crippen LogP contribution in [0.15, 0.2) is 0 Å². The summed E-state index contributed by atoms with van der Waals surface area (Å²) in [4.78, 5) is 20.2. The lowest BCUT2D eigenvalue weighted by atomic mass is 10.4. The zero-order chi connectivity index (χ0) is 10.5. The molecule has 0 unspecified atom stereocenters. The normalized spacial score (nSPS) is 10.7. The van der Waals surface area contributed by atoms with Gasteiger partial charge in [0.15, 0.2) is 0 Å². The van der Waals surface area contributed by atoms with Crippen LogP contribution >= 0.6 is 0 Å². The zero-order valence-electron chi connectivity index (χ0n) is 6.31. The second-order valence-electron chi connectivity index (χ2n) is 2.02. The number of nitrogens with one attached hydrogen (secondary N) is 2. The largest absolute Gasteiger partial charge is 0.485 e. The first kappa shape index (κ1) is 11.5. The fourth-order valence-corrected chi connectivity index (χ4v) is 0.456. The number of carbonyl (C=O) groups is 2.